The first-order valence-electron chi connectivity index (χ1n) is 7.97. The Morgan fingerprint density at radius 3 is 2.40 bits per heavy atom. The summed E-state index contributed by atoms with van der Waals surface area (Å²) in [5.74, 6) is 0.627. The zero-order valence-corrected chi connectivity index (χ0v) is 17.4. The fraction of sp³-hybridized carbons (Fsp3) is 0.529. The van der Waals surface area contributed by atoms with Gasteiger partial charge in [-0.05, 0) is 45.0 Å². The Labute approximate surface area is 165 Å². The average Bonchev–Trinajstić information content (AvgIpc) is 2.52. The number of rotatable bonds is 8. The third-order valence-electron chi connectivity index (χ3n) is 2.92. The minimum atomic E-state index is -0.297. The highest BCUT2D eigenvalue weighted by molar-refractivity contribution is 14.0. The van der Waals surface area contributed by atoms with Crippen LogP contribution in [0.4, 0.5) is 4.39 Å². The van der Waals surface area contributed by atoms with Crippen molar-refractivity contribution in [2.45, 2.75) is 39.4 Å². The number of aliphatic imine (C=N–C) groups is 1. The molecule has 0 radical (unpaired) electrons. The Kier molecular flexibility index (Phi) is 11.9. The molecule has 0 aliphatic rings. The van der Waals surface area contributed by atoms with Gasteiger partial charge in [-0.3, -0.25) is 9.79 Å². The largest absolute Gasteiger partial charge is 0.489 e. The molecule has 0 saturated carbocycles. The first-order valence-corrected chi connectivity index (χ1v) is 7.97. The lowest BCUT2D eigenvalue weighted by Crippen LogP contribution is -2.42. The topological polar surface area (TPSA) is 72.0 Å². The number of hydrogen-bond acceptors (Lipinski definition) is 4. The van der Waals surface area contributed by atoms with Gasteiger partial charge < -0.3 is 20.1 Å². The minimum absolute atomic E-state index is 0. The fourth-order valence-electron chi connectivity index (χ4n) is 1.85. The summed E-state index contributed by atoms with van der Waals surface area (Å²) in [5.41, 5.74) is 0. The number of guanidine groups is 1. The monoisotopic (exact) mass is 467 g/mol. The quantitative estimate of drug-likeness (QED) is 0.266. The second-order valence-electron chi connectivity index (χ2n) is 5.55. The van der Waals surface area contributed by atoms with Gasteiger partial charge in [-0.2, -0.15) is 0 Å². The Hall–Kier alpha value is -1.58. The van der Waals surface area contributed by atoms with E-state index in [-0.39, 0.29) is 54.4 Å². The molecule has 0 aliphatic heterocycles. The number of carbonyl (C=O) groups excluding carboxylic acids is 1. The third kappa shape index (κ3) is 10.8. The second kappa shape index (κ2) is 12.7. The molecular formula is C17H27FIN3O3. The molecule has 2 N–H and O–H groups in total. The van der Waals surface area contributed by atoms with E-state index >= 15 is 0 Å². The highest BCUT2D eigenvalue weighted by Gasteiger charge is 2.08. The average molecular weight is 467 g/mol. The predicted octanol–water partition coefficient (Wildman–Crippen LogP) is 2.72. The molecule has 0 spiro atoms. The highest BCUT2D eigenvalue weighted by Crippen LogP contribution is 2.12. The summed E-state index contributed by atoms with van der Waals surface area (Å²) in [4.78, 5) is 15.5. The van der Waals surface area contributed by atoms with Crippen molar-refractivity contribution in [1.82, 2.24) is 10.6 Å². The summed E-state index contributed by atoms with van der Waals surface area (Å²) in [6.45, 7) is 6.46. The molecule has 1 unspecified atom stereocenters. The number of hydrogen-bond donors (Lipinski definition) is 2. The van der Waals surface area contributed by atoms with Crippen molar-refractivity contribution in [2.24, 2.45) is 4.99 Å². The van der Waals surface area contributed by atoms with Crippen molar-refractivity contribution in [3.63, 3.8) is 0 Å². The molecule has 0 amide bonds. The molecule has 25 heavy (non-hydrogen) atoms. The van der Waals surface area contributed by atoms with E-state index in [1.807, 2.05) is 20.8 Å². The smallest absolute Gasteiger partial charge is 0.307 e. The first kappa shape index (κ1) is 23.4. The second-order valence-corrected chi connectivity index (χ2v) is 5.55. The van der Waals surface area contributed by atoms with E-state index in [9.17, 15) is 9.18 Å². The third-order valence-corrected chi connectivity index (χ3v) is 2.92. The van der Waals surface area contributed by atoms with Crippen molar-refractivity contribution < 1.29 is 18.7 Å². The van der Waals surface area contributed by atoms with Gasteiger partial charge in [-0.15, -0.1) is 24.0 Å². The number of nitrogens with zero attached hydrogens (tertiary/aromatic N) is 1. The molecular weight excluding hydrogens is 440 g/mol. The summed E-state index contributed by atoms with van der Waals surface area (Å²) >= 11 is 0. The molecule has 1 atom stereocenters. The van der Waals surface area contributed by atoms with Crippen LogP contribution in [0.3, 0.4) is 0 Å². The van der Waals surface area contributed by atoms with Crippen molar-refractivity contribution in [2.75, 3.05) is 20.1 Å². The highest BCUT2D eigenvalue weighted by atomic mass is 127. The van der Waals surface area contributed by atoms with Gasteiger partial charge >= 0.3 is 5.97 Å². The van der Waals surface area contributed by atoms with Crippen LogP contribution >= 0.6 is 24.0 Å². The van der Waals surface area contributed by atoms with E-state index in [0.717, 1.165) is 0 Å². The molecule has 0 fully saturated rings. The van der Waals surface area contributed by atoms with E-state index in [0.29, 0.717) is 24.8 Å². The molecule has 1 rings (SSSR count). The molecule has 0 saturated heterocycles. The molecule has 142 valence electrons. The number of benzene rings is 1. The van der Waals surface area contributed by atoms with Gasteiger partial charge in [0.2, 0.25) is 0 Å². The molecule has 0 heterocycles. The molecule has 6 nitrogen and oxygen atoms in total. The summed E-state index contributed by atoms with van der Waals surface area (Å²) in [7, 11) is 1.65. The zero-order valence-electron chi connectivity index (χ0n) is 15.0. The van der Waals surface area contributed by atoms with Crippen LogP contribution in [0, 0.1) is 5.82 Å². The van der Waals surface area contributed by atoms with E-state index in [4.69, 9.17) is 9.47 Å². The number of carbonyl (C=O) groups is 1. The Morgan fingerprint density at radius 2 is 1.84 bits per heavy atom. The molecule has 0 bridgehead atoms. The maximum Gasteiger partial charge on any atom is 0.307 e. The van der Waals surface area contributed by atoms with Crippen LogP contribution in [-0.4, -0.2) is 44.3 Å². The van der Waals surface area contributed by atoms with Crippen LogP contribution in [0.2, 0.25) is 0 Å². The maximum atomic E-state index is 12.8. The van der Waals surface area contributed by atoms with Crippen molar-refractivity contribution >= 4 is 35.9 Å². The summed E-state index contributed by atoms with van der Waals surface area (Å²) in [6, 6.07) is 5.87. The number of ether oxygens (including phenoxy) is 2. The predicted molar refractivity (Wildman–Crippen MR) is 107 cm³/mol. The van der Waals surface area contributed by atoms with Gasteiger partial charge in [0.1, 0.15) is 17.7 Å². The van der Waals surface area contributed by atoms with E-state index in [1.165, 1.54) is 12.1 Å². The van der Waals surface area contributed by atoms with Crippen LogP contribution < -0.4 is 15.4 Å². The molecule has 0 aromatic heterocycles. The van der Waals surface area contributed by atoms with Crippen molar-refractivity contribution in [3.05, 3.63) is 30.1 Å². The normalized spacial score (nSPS) is 12.2. The maximum absolute atomic E-state index is 12.8. The van der Waals surface area contributed by atoms with Gasteiger partial charge in [0.25, 0.3) is 0 Å². The molecule has 1 aromatic rings. The lowest BCUT2D eigenvalue weighted by molar-refractivity contribution is -0.147. The van der Waals surface area contributed by atoms with Gasteiger partial charge in [0.15, 0.2) is 5.96 Å². The number of halogens is 2. The van der Waals surface area contributed by atoms with E-state index < -0.39 is 0 Å². The summed E-state index contributed by atoms with van der Waals surface area (Å²) in [5, 5.41) is 6.14. The minimum Gasteiger partial charge on any atom is -0.489 e. The lowest BCUT2D eigenvalue weighted by Gasteiger charge is -2.17. The number of esters is 1. The van der Waals surface area contributed by atoms with Crippen LogP contribution in [0.5, 0.6) is 5.75 Å². The molecule has 8 heteroatoms. The van der Waals surface area contributed by atoms with Crippen LogP contribution in [0.25, 0.3) is 0 Å². The molecule has 1 aromatic carbocycles. The van der Waals surface area contributed by atoms with Crippen LogP contribution in [-0.2, 0) is 9.53 Å². The van der Waals surface area contributed by atoms with Gasteiger partial charge in [0.05, 0.1) is 19.1 Å². The zero-order chi connectivity index (χ0) is 17.9. The fourth-order valence-corrected chi connectivity index (χ4v) is 1.85. The Morgan fingerprint density at radius 1 is 1.20 bits per heavy atom. The summed E-state index contributed by atoms with van der Waals surface area (Å²) in [6.07, 6.45) is 0.0138. The Balaban J connectivity index is 0.00000576. The van der Waals surface area contributed by atoms with Gasteiger partial charge in [-0.25, -0.2) is 4.39 Å². The van der Waals surface area contributed by atoms with Gasteiger partial charge in [-0.1, -0.05) is 0 Å². The SMILES string of the molecule is CN=C(NCCC(=O)OC(C)C)NCC(C)Oc1ccc(F)cc1.I. The Bertz CT molecular complexity index is 538. The van der Waals surface area contributed by atoms with Crippen molar-refractivity contribution in [3.8, 4) is 5.75 Å². The van der Waals surface area contributed by atoms with Gasteiger partial charge in [0, 0.05) is 13.6 Å². The van der Waals surface area contributed by atoms with Crippen molar-refractivity contribution in [1.29, 1.82) is 0 Å². The standard InChI is InChI=1S/C17H26FN3O3.HI/c1-12(2)23-16(22)9-10-20-17(19-4)21-11-13(3)24-15-7-5-14(18)6-8-15;/h5-8,12-13H,9-11H2,1-4H3,(H2,19,20,21);1H. The molecule has 0 aliphatic carbocycles. The first-order chi connectivity index (χ1) is 11.4. The van der Waals surface area contributed by atoms with E-state index in [1.54, 1.807) is 19.2 Å². The summed E-state index contributed by atoms with van der Waals surface area (Å²) < 4.78 is 23.6. The number of nitrogens with one attached hydrogen (secondary N) is 2. The van der Waals surface area contributed by atoms with Crippen LogP contribution in [0.1, 0.15) is 27.2 Å². The lowest BCUT2D eigenvalue weighted by atomic mass is 10.3. The van der Waals surface area contributed by atoms with Crippen LogP contribution in [0.15, 0.2) is 29.3 Å². The van der Waals surface area contributed by atoms with E-state index in [2.05, 4.69) is 15.6 Å².